The molecule has 0 fully saturated rings. The molecule has 0 radical (unpaired) electrons. The number of fused-ring (bicyclic) bond motifs is 1. The molecule has 1 aromatic heterocycles. The fourth-order valence-electron chi connectivity index (χ4n) is 2.65. The number of methoxy groups -OCH3 is 1. The lowest BCUT2D eigenvalue weighted by Gasteiger charge is -2.08. The molecule has 0 saturated heterocycles. The van der Waals surface area contributed by atoms with E-state index in [1.807, 2.05) is 0 Å². The van der Waals surface area contributed by atoms with Gasteiger partial charge >= 0.3 is 5.97 Å². The van der Waals surface area contributed by atoms with Crippen LogP contribution in [0.2, 0.25) is 5.02 Å². The van der Waals surface area contributed by atoms with Crippen molar-refractivity contribution in [1.29, 1.82) is 0 Å². The molecular formula is C21H18ClNO5. The zero-order valence-corrected chi connectivity index (χ0v) is 16.1. The van der Waals surface area contributed by atoms with Gasteiger partial charge in [0.25, 0.3) is 0 Å². The van der Waals surface area contributed by atoms with Crippen molar-refractivity contribution >= 4 is 46.2 Å². The largest absolute Gasteiger partial charge is 0.493 e. The van der Waals surface area contributed by atoms with Crippen LogP contribution in [-0.4, -0.2) is 25.6 Å². The minimum atomic E-state index is -0.497. The Morgan fingerprint density at radius 1 is 1.21 bits per heavy atom. The smallest absolute Gasteiger partial charge is 0.340 e. The number of amides is 1. The third-order valence-electron chi connectivity index (χ3n) is 3.87. The molecule has 3 aromatic rings. The number of hydrogen-bond acceptors (Lipinski definition) is 5. The summed E-state index contributed by atoms with van der Waals surface area (Å²) in [7, 11) is 1.53. The van der Waals surface area contributed by atoms with Crippen molar-refractivity contribution in [2.24, 2.45) is 0 Å². The lowest BCUT2D eigenvalue weighted by atomic mass is 10.2. The summed E-state index contributed by atoms with van der Waals surface area (Å²) in [6.07, 6.45) is 2.84. The molecule has 1 N–H and O–H groups in total. The molecule has 144 valence electrons. The van der Waals surface area contributed by atoms with Crippen LogP contribution in [0.4, 0.5) is 5.69 Å². The lowest BCUT2D eigenvalue weighted by Crippen LogP contribution is -2.13. The van der Waals surface area contributed by atoms with E-state index in [4.69, 9.17) is 25.5 Å². The number of ether oxygens (including phenoxy) is 2. The molecule has 3 rings (SSSR count). The van der Waals surface area contributed by atoms with Crippen molar-refractivity contribution < 1.29 is 23.5 Å². The van der Waals surface area contributed by atoms with Crippen molar-refractivity contribution in [3.8, 4) is 5.75 Å². The summed E-state index contributed by atoms with van der Waals surface area (Å²) in [6.45, 7) is 1.97. The quantitative estimate of drug-likeness (QED) is 0.470. The van der Waals surface area contributed by atoms with Crippen LogP contribution >= 0.6 is 11.6 Å². The van der Waals surface area contributed by atoms with E-state index in [2.05, 4.69) is 5.32 Å². The van der Waals surface area contributed by atoms with E-state index in [9.17, 15) is 9.59 Å². The number of rotatable bonds is 6. The van der Waals surface area contributed by atoms with Crippen LogP contribution in [0.3, 0.4) is 0 Å². The van der Waals surface area contributed by atoms with Gasteiger partial charge in [-0.25, -0.2) is 4.79 Å². The number of hydrogen-bond donors (Lipinski definition) is 1. The van der Waals surface area contributed by atoms with E-state index in [1.54, 1.807) is 49.4 Å². The minimum absolute atomic E-state index is 0.251. The van der Waals surface area contributed by atoms with Crippen LogP contribution in [0.5, 0.6) is 5.75 Å². The zero-order valence-electron chi connectivity index (χ0n) is 15.3. The molecule has 6 nitrogen and oxygen atoms in total. The summed E-state index contributed by atoms with van der Waals surface area (Å²) in [5, 5.41) is 3.95. The molecule has 0 atom stereocenters. The fourth-order valence-corrected chi connectivity index (χ4v) is 2.87. The van der Waals surface area contributed by atoms with Crippen molar-refractivity contribution in [3.05, 3.63) is 64.9 Å². The second-order valence-corrected chi connectivity index (χ2v) is 6.20. The normalized spacial score (nSPS) is 11.0. The Kier molecular flexibility index (Phi) is 6.01. The summed E-state index contributed by atoms with van der Waals surface area (Å²) in [5.41, 5.74) is 1.20. The average molecular weight is 400 g/mol. The summed E-state index contributed by atoms with van der Waals surface area (Å²) in [6, 6.07) is 11.8. The van der Waals surface area contributed by atoms with Gasteiger partial charge in [-0.2, -0.15) is 0 Å². The van der Waals surface area contributed by atoms with Crippen LogP contribution in [0.1, 0.15) is 23.0 Å². The first-order valence-corrected chi connectivity index (χ1v) is 8.92. The van der Waals surface area contributed by atoms with Crippen LogP contribution < -0.4 is 10.1 Å². The van der Waals surface area contributed by atoms with Crippen molar-refractivity contribution in [2.75, 3.05) is 19.0 Å². The van der Waals surface area contributed by atoms with Crippen LogP contribution in [-0.2, 0) is 9.53 Å². The minimum Gasteiger partial charge on any atom is -0.493 e. The van der Waals surface area contributed by atoms with E-state index in [0.717, 1.165) is 5.39 Å². The van der Waals surface area contributed by atoms with Gasteiger partial charge in [-0.15, -0.1) is 0 Å². The average Bonchev–Trinajstić information content (AvgIpc) is 3.09. The predicted octanol–water partition coefficient (Wildman–Crippen LogP) is 4.92. The number of benzene rings is 2. The Hall–Kier alpha value is -3.25. The van der Waals surface area contributed by atoms with Gasteiger partial charge < -0.3 is 19.2 Å². The van der Waals surface area contributed by atoms with Gasteiger partial charge in [0.1, 0.15) is 5.76 Å². The number of furan rings is 1. The van der Waals surface area contributed by atoms with Gasteiger partial charge in [0.05, 0.1) is 25.0 Å². The number of halogens is 1. The second kappa shape index (κ2) is 8.63. The highest BCUT2D eigenvalue weighted by atomic mass is 35.5. The predicted molar refractivity (Wildman–Crippen MR) is 108 cm³/mol. The molecule has 2 aromatic carbocycles. The topological polar surface area (TPSA) is 77.8 Å². The molecule has 1 heterocycles. The maximum atomic E-state index is 12.3. The third-order valence-corrected chi connectivity index (χ3v) is 4.08. The number of nitrogens with one attached hydrogen (secondary N) is 1. The van der Waals surface area contributed by atoms with Crippen molar-refractivity contribution in [2.45, 2.75) is 6.92 Å². The molecule has 1 amide bonds. The van der Waals surface area contributed by atoms with Gasteiger partial charge in [-0.3, -0.25) is 4.79 Å². The van der Waals surface area contributed by atoms with Crippen molar-refractivity contribution in [1.82, 2.24) is 0 Å². The first kappa shape index (κ1) is 19.5. The van der Waals surface area contributed by atoms with E-state index < -0.39 is 11.9 Å². The van der Waals surface area contributed by atoms with Crippen LogP contribution in [0.25, 0.3) is 17.0 Å². The maximum Gasteiger partial charge on any atom is 0.340 e. The van der Waals surface area contributed by atoms with Crippen LogP contribution in [0.15, 0.2) is 53.0 Å². The maximum absolute atomic E-state index is 12.3. The Morgan fingerprint density at radius 2 is 2.00 bits per heavy atom. The Labute approximate surface area is 166 Å². The molecule has 0 saturated carbocycles. The molecule has 0 aliphatic rings. The van der Waals surface area contributed by atoms with Gasteiger partial charge in [-0.05, 0) is 37.3 Å². The highest BCUT2D eigenvalue weighted by molar-refractivity contribution is 6.31. The molecule has 0 spiro atoms. The Balaban J connectivity index is 1.78. The Bertz CT molecular complexity index is 1050. The lowest BCUT2D eigenvalue weighted by molar-refractivity contribution is -0.111. The molecular weight excluding hydrogens is 382 g/mol. The SMILES string of the molecule is CCOC(=O)c1ccccc1NC(=O)/C=C/c1cc2cc(Cl)cc(OC)c2o1. The molecule has 0 bridgehead atoms. The number of esters is 1. The second-order valence-electron chi connectivity index (χ2n) is 5.76. The van der Waals surface area contributed by atoms with Gasteiger partial charge in [0.15, 0.2) is 11.3 Å². The highest BCUT2D eigenvalue weighted by Crippen LogP contribution is 2.32. The summed E-state index contributed by atoms with van der Waals surface area (Å²) in [4.78, 5) is 24.3. The first-order valence-electron chi connectivity index (χ1n) is 8.54. The van der Waals surface area contributed by atoms with E-state index >= 15 is 0 Å². The Morgan fingerprint density at radius 3 is 2.75 bits per heavy atom. The van der Waals surface area contributed by atoms with E-state index in [1.165, 1.54) is 19.3 Å². The first-order chi connectivity index (χ1) is 13.5. The number of carbonyl (C=O) groups excluding carboxylic acids is 2. The van der Waals surface area contributed by atoms with Crippen molar-refractivity contribution in [3.63, 3.8) is 0 Å². The molecule has 0 aliphatic heterocycles. The van der Waals surface area contributed by atoms with Gasteiger partial charge in [-0.1, -0.05) is 23.7 Å². The van der Waals surface area contributed by atoms with E-state index in [-0.39, 0.29) is 12.2 Å². The number of anilines is 1. The van der Waals surface area contributed by atoms with Gasteiger partial charge in [0, 0.05) is 22.6 Å². The summed E-state index contributed by atoms with van der Waals surface area (Å²) >= 11 is 6.05. The summed E-state index contributed by atoms with van der Waals surface area (Å²) < 4.78 is 16.0. The van der Waals surface area contributed by atoms with E-state index in [0.29, 0.717) is 27.8 Å². The van der Waals surface area contributed by atoms with Gasteiger partial charge in [0.2, 0.25) is 5.91 Å². The number of carbonyl (C=O) groups is 2. The zero-order chi connectivity index (χ0) is 20.1. The summed E-state index contributed by atoms with van der Waals surface area (Å²) in [5.74, 6) is 0.0604. The molecule has 0 unspecified atom stereocenters. The molecule has 0 aliphatic carbocycles. The molecule has 28 heavy (non-hydrogen) atoms. The monoisotopic (exact) mass is 399 g/mol. The van der Waals surface area contributed by atoms with Crippen LogP contribution in [0, 0.1) is 0 Å². The number of para-hydroxylation sites is 1. The third kappa shape index (κ3) is 4.35. The standard InChI is InChI=1S/C21H18ClNO5/c1-3-27-21(25)16-6-4-5-7-17(16)23-19(24)9-8-15-11-13-10-14(22)12-18(26-2)20(13)28-15/h4-12H,3H2,1-2H3,(H,23,24)/b9-8+. The molecule has 7 heteroatoms. The fraction of sp³-hybridized carbons (Fsp3) is 0.143. The highest BCUT2D eigenvalue weighted by Gasteiger charge is 2.13.